The molecular formula is C18H23NO3. The number of pyridine rings is 1. The molecule has 0 fully saturated rings. The molecule has 0 aliphatic rings. The highest BCUT2D eigenvalue weighted by Crippen LogP contribution is 2.33. The maximum Gasteiger partial charge on any atom is 0.308 e. The fourth-order valence-corrected chi connectivity index (χ4v) is 2.60. The molecule has 0 bridgehead atoms. The Morgan fingerprint density at radius 1 is 1.32 bits per heavy atom. The first-order chi connectivity index (χ1) is 10.5. The molecule has 0 spiro atoms. The van der Waals surface area contributed by atoms with Crippen LogP contribution in [0.3, 0.4) is 0 Å². The van der Waals surface area contributed by atoms with E-state index >= 15 is 0 Å². The summed E-state index contributed by atoms with van der Waals surface area (Å²) >= 11 is 0. The minimum atomic E-state index is -0.348. The highest BCUT2D eigenvalue weighted by molar-refractivity contribution is 5.91. The average molecular weight is 301 g/mol. The molecule has 0 aliphatic heterocycles. The van der Waals surface area contributed by atoms with E-state index in [9.17, 15) is 9.90 Å². The molecule has 1 N–H and O–H groups in total. The van der Waals surface area contributed by atoms with Crippen LogP contribution in [0.2, 0.25) is 0 Å². The Hall–Kier alpha value is -1.94. The molecule has 0 radical (unpaired) electrons. The lowest BCUT2D eigenvalue weighted by molar-refractivity contribution is -0.131. The summed E-state index contributed by atoms with van der Waals surface area (Å²) in [5.74, 6) is 0.211. The number of nitrogens with zero attached hydrogens (tertiary/aromatic N) is 1. The topological polar surface area (TPSA) is 59.4 Å². The molecule has 0 saturated carbocycles. The third kappa shape index (κ3) is 3.28. The Labute approximate surface area is 131 Å². The van der Waals surface area contributed by atoms with E-state index in [0.717, 1.165) is 47.0 Å². The number of hydrogen-bond donors (Lipinski definition) is 1. The van der Waals surface area contributed by atoms with Gasteiger partial charge in [-0.25, -0.2) is 0 Å². The monoisotopic (exact) mass is 301 g/mol. The lowest BCUT2D eigenvalue weighted by Gasteiger charge is -2.15. The summed E-state index contributed by atoms with van der Waals surface area (Å²) in [4.78, 5) is 16.0. The van der Waals surface area contributed by atoms with Gasteiger partial charge >= 0.3 is 5.97 Å². The molecule has 0 aliphatic carbocycles. The first-order valence-electron chi connectivity index (χ1n) is 7.69. The summed E-state index contributed by atoms with van der Waals surface area (Å²) in [7, 11) is 0. The second kappa shape index (κ2) is 6.88. The van der Waals surface area contributed by atoms with Crippen LogP contribution in [0.4, 0.5) is 0 Å². The van der Waals surface area contributed by atoms with Crippen molar-refractivity contribution in [3.63, 3.8) is 0 Å². The molecule has 0 amide bonds. The number of fused-ring (bicyclic) bond motifs is 1. The number of hydrogen-bond acceptors (Lipinski definition) is 4. The second-order valence-electron chi connectivity index (χ2n) is 5.66. The van der Waals surface area contributed by atoms with E-state index in [-0.39, 0.29) is 12.6 Å². The number of carbonyl (C=O) groups excluding carboxylic acids is 1. The molecule has 22 heavy (non-hydrogen) atoms. The molecule has 1 heterocycles. The van der Waals surface area contributed by atoms with Gasteiger partial charge in [0.25, 0.3) is 0 Å². The number of unbranched alkanes of at least 4 members (excludes halogenated alkanes) is 1. The van der Waals surface area contributed by atoms with E-state index in [1.807, 2.05) is 26.0 Å². The third-order valence-electron chi connectivity index (χ3n) is 3.89. The zero-order valence-electron chi connectivity index (χ0n) is 13.7. The Bertz CT molecular complexity index is 707. The molecule has 2 aromatic rings. The maximum absolute atomic E-state index is 11.4. The summed E-state index contributed by atoms with van der Waals surface area (Å²) in [6, 6.07) is 4.03. The fraction of sp³-hybridized carbons (Fsp3) is 0.444. The van der Waals surface area contributed by atoms with E-state index in [1.165, 1.54) is 6.92 Å². The van der Waals surface area contributed by atoms with Crippen molar-refractivity contribution in [1.82, 2.24) is 4.98 Å². The van der Waals surface area contributed by atoms with Gasteiger partial charge in [-0.2, -0.15) is 0 Å². The van der Waals surface area contributed by atoms with Gasteiger partial charge in [-0.3, -0.25) is 9.78 Å². The standard InChI is InChI=1S/C18H23NO3/c1-5-6-7-14-8-15(10-20)17-16(9-14)18(22-13(4)21)11(2)12(3)19-17/h8-9,20H,5-7,10H2,1-4H3. The van der Waals surface area contributed by atoms with Crippen molar-refractivity contribution in [3.05, 3.63) is 34.5 Å². The van der Waals surface area contributed by atoms with Gasteiger partial charge in [0.2, 0.25) is 0 Å². The Balaban J connectivity index is 2.72. The number of aromatic nitrogens is 1. The molecule has 0 atom stereocenters. The quantitative estimate of drug-likeness (QED) is 0.857. The minimum Gasteiger partial charge on any atom is -0.426 e. The molecule has 0 saturated heterocycles. The number of aliphatic hydroxyl groups is 1. The van der Waals surface area contributed by atoms with Crippen LogP contribution in [-0.4, -0.2) is 16.1 Å². The Morgan fingerprint density at radius 3 is 2.64 bits per heavy atom. The van der Waals surface area contributed by atoms with Gasteiger partial charge < -0.3 is 9.84 Å². The summed E-state index contributed by atoms with van der Waals surface area (Å²) in [5.41, 5.74) is 4.29. The van der Waals surface area contributed by atoms with Crippen LogP contribution in [0.15, 0.2) is 12.1 Å². The minimum absolute atomic E-state index is 0.0779. The van der Waals surface area contributed by atoms with Gasteiger partial charge in [-0.05, 0) is 38.3 Å². The van der Waals surface area contributed by atoms with Crippen molar-refractivity contribution in [1.29, 1.82) is 0 Å². The van der Waals surface area contributed by atoms with Gasteiger partial charge in [-0.1, -0.05) is 19.4 Å². The van der Waals surface area contributed by atoms with E-state index in [4.69, 9.17) is 4.74 Å². The number of carbonyl (C=O) groups is 1. The SMILES string of the molecule is CCCCc1cc(CO)c2nc(C)c(C)c(OC(C)=O)c2c1. The van der Waals surface area contributed by atoms with E-state index < -0.39 is 0 Å². The predicted octanol–water partition coefficient (Wildman–Crippen LogP) is 3.61. The first-order valence-corrected chi connectivity index (χ1v) is 7.69. The van der Waals surface area contributed by atoms with E-state index in [1.54, 1.807) is 0 Å². The normalized spacial score (nSPS) is 11.0. The largest absolute Gasteiger partial charge is 0.426 e. The van der Waals surface area contributed by atoms with Gasteiger partial charge in [0.1, 0.15) is 5.75 Å². The van der Waals surface area contributed by atoms with Crippen molar-refractivity contribution < 1.29 is 14.6 Å². The molecule has 4 heteroatoms. The third-order valence-corrected chi connectivity index (χ3v) is 3.89. The highest BCUT2D eigenvalue weighted by Gasteiger charge is 2.16. The van der Waals surface area contributed by atoms with Crippen LogP contribution in [0.5, 0.6) is 5.75 Å². The van der Waals surface area contributed by atoms with Gasteiger partial charge in [0.05, 0.1) is 12.1 Å². The number of benzene rings is 1. The van der Waals surface area contributed by atoms with E-state index in [2.05, 4.69) is 11.9 Å². The van der Waals surface area contributed by atoms with Crippen molar-refractivity contribution in [2.24, 2.45) is 0 Å². The van der Waals surface area contributed by atoms with Crippen LogP contribution < -0.4 is 4.74 Å². The summed E-state index contributed by atoms with van der Waals surface area (Å²) < 4.78 is 5.44. The lowest BCUT2D eigenvalue weighted by Crippen LogP contribution is -2.06. The number of aryl methyl sites for hydroxylation is 2. The van der Waals surface area contributed by atoms with Crippen molar-refractivity contribution in [2.75, 3.05) is 0 Å². The summed E-state index contributed by atoms with van der Waals surface area (Å²) in [6.45, 7) is 7.25. The average Bonchev–Trinajstić information content (AvgIpc) is 2.49. The van der Waals surface area contributed by atoms with Crippen molar-refractivity contribution >= 4 is 16.9 Å². The number of rotatable bonds is 5. The highest BCUT2D eigenvalue weighted by atomic mass is 16.5. The predicted molar refractivity (Wildman–Crippen MR) is 87.1 cm³/mol. The van der Waals surface area contributed by atoms with Crippen molar-refractivity contribution in [2.45, 2.75) is 53.6 Å². The van der Waals surface area contributed by atoms with Crippen LogP contribution in [-0.2, 0) is 17.8 Å². The smallest absolute Gasteiger partial charge is 0.308 e. The molecule has 4 nitrogen and oxygen atoms in total. The Kier molecular flexibility index (Phi) is 5.14. The summed E-state index contributed by atoms with van der Waals surface area (Å²) in [6.07, 6.45) is 3.12. The molecule has 2 rings (SSSR count). The van der Waals surface area contributed by atoms with Crippen molar-refractivity contribution in [3.8, 4) is 5.75 Å². The second-order valence-corrected chi connectivity index (χ2v) is 5.66. The van der Waals surface area contributed by atoms with Crippen LogP contribution in [0.25, 0.3) is 10.9 Å². The fourth-order valence-electron chi connectivity index (χ4n) is 2.60. The zero-order chi connectivity index (χ0) is 16.3. The van der Waals surface area contributed by atoms with Crippen LogP contribution in [0.1, 0.15) is 49.1 Å². The molecule has 0 unspecified atom stereocenters. The number of aliphatic hydroxyl groups excluding tert-OH is 1. The lowest BCUT2D eigenvalue weighted by atomic mass is 9.99. The van der Waals surface area contributed by atoms with Crippen LogP contribution in [0, 0.1) is 13.8 Å². The maximum atomic E-state index is 11.4. The molecule has 1 aromatic carbocycles. The zero-order valence-corrected chi connectivity index (χ0v) is 13.7. The Morgan fingerprint density at radius 2 is 2.05 bits per heavy atom. The van der Waals surface area contributed by atoms with Crippen LogP contribution >= 0.6 is 0 Å². The molecular weight excluding hydrogens is 278 g/mol. The summed E-state index contributed by atoms with van der Waals surface area (Å²) in [5, 5.41) is 10.5. The van der Waals surface area contributed by atoms with Gasteiger partial charge in [0.15, 0.2) is 0 Å². The van der Waals surface area contributed by atoms with Gasteiger partial charge in [-0.15, -0.1) is 0 Å². The van der Waals surface area contributed by atoms with Gasteiger partial charge in [0, 0.05) is 29.1 Å². The molecule has 1 aromatic heterocycles. The molecule has 118 valence electrons. The van der Waals surface area contributed by atoms with E-state index in [0.29, 0.717) is 11.3 Å². The number of ether oxygens (including phenoxy) is 1. The first kappa shape index (κ1) is 16.4. The number of esters is 1.